The molecule has 118 valence electrons. The van der Waals surface area contributed by atoms with Crippen LogP contribution in [0.3, 0.4) is 0 Å². The number of nitrogens with one attached hydrogen (secondary N) is 1. The van der Waals surface area contributed by atoms with E-state index in [-0.39, 0.29) is 0 Å². The Labute approximate surface area is 128 Å². The maximum absolute atomic E-state index is 4.73. The fourth-order valence-corrected chi connectivity index (χ4v) is 2.76. The number of nitrogens with zero attached hydrogens (tertiary/aromatic N) is 4. The van der Waals surface area contributed by atoms with Crippen LogP contribution in [0.2, 0.25) is 0 Å². The quantitative estimate of drug-likeness (QED) is 0.902. The summed E-state index contributed by atoms with van der Waals surface area (Å²) in [5.74, 6) is 3.94. The lowest BCUT2D eigenvalue weighted by molar-refractivity contribution is 0.222. The van der Waals surface area contributed by atoms with E-state index in [1.54, 1.807) is 0 Å². The molecule has 5 heteroatoms. The van der Waals surface area contributed by atoms with Gasteiger partial charge in [-0.25, -0.2) is 9.97 Å². The lowest BCUT2D eigenvalue weighted by atomic mass is 9.97. The average Bonchev–Trinajstić information content (AvgIpc) is 2.49. The van der Waals surface area contributed by atoms with E-state index in [1.165, 1.54) is 25.9 Å². The maximum Gasteiger partial charge on any atom is 0.135 e. The van der Waals surface area contributed by atoms with E-state index >= 15 is 0 Å². The molecule has 2 heterocycles. The van der Waals surface area contributed by atoms with E-state index in [0.717, 1.165) is 29.9 Å². The highest BCUT2D eigenvalue weighted by molar-refractivity contribution is 5.49. The summed E-state index contributed by atoms with van der Waals surface area (Å²) in [7, 11) is 6.26. The molecule has 0 radical (unpaired) electrons. The van der Waals surface area contributed by atoms with Crippen LogP contribution < -0.4 is 10.2 Å². The van der Waals surface area contributed by atoms with E-state index < -0.39 is 0 Å². The van der Waals surface area contributed by atoms with Gasteiger partial charge in [0.2, 0.25) is 0 Å². The van der Waals surface area contributed by atoms with Crippen molar-refractivity contribution >= 4 is 11.6 Å². The molecule has 0 bridgehead atoms. The van der Waals surface area contributed by atoms with Crippen molar-refractivity contribution in [3.05, 3.63) is 11.9 Å². The van der Waals surface area contributed by atoms with Crippen LogP contribution in [0.5, 0.6) is 0 Å². The zero-order valence-electron chi connectivity index (χ0n) is 14.1. The minimum absolute atomic E-state index is 0.341. The van der Waals surface area contributed by atoms with E-state index in [4.69, 9.17) is 4.98 Å². The van der Waals surface area contributed by atoms with Crippen molar-refractivity contribution in [3.63, 3.8) is 0 Å². The van der Waals surface area contributed by atoms with Gasteiger partial charge >= 0.3 is 0 Å². The largest absolute Gasteiger partial charge is 0.373 e. The fourth-order valence-electron chi connectivity index (χ4n) is 2.76. The lowest BCUT2D eigenvalue weighted by Crippen LogP contribution is -2.36. The summed E-state index contributed by atoms with van der Waals surface area (Å²) < 4.78 is 0. The van der Waals surface area contributed by atoms with Crippen molar-refractivity contribution in [2.75, 3.05) is 51.0 Å². The Bertz CT molecular complexity index is 452. The van der Waals surface area contributed by atoms with Crippen LogP contribution in [0.15, 0.2) is 6.07 Å². The Balaban J connectivity index is 2.07. The predicted molar refractivity (Wildman–Crippen MR) is 89.2 cm³/mol. The van der Waals surface area contributed by atoms with Gasteiger partial charge in [-0.15, -0.1) is 0 Å². The van der Waals surface area contributed by atoms with Gasteiger partial charge in [-0.2, -0.15) is 0 Å². The third-order valence-corrected chi connectivity index (χ3v) is 4.26. The van der Waals surface area contributed by atoms with E-state index in [1.807, 2.05) is 13.1 Å². The standard InChI is InChI=1S/C16H29N5/c1-12(2)16-18-14(17-3)10-15(19-16)21(5)11-13-6-8-20(4)9-7-13/h10,12-13H,6-9,11H2,1-5H3,(H,17,18,19). The number of likely N-dealkylation sites (tertiary alicyclic amines) is 1. The first-order valence-corrected chi connectivity index (χ1v) is 7.96. The Morgan fingerprint density at radius 2 is 2.00 bits per heavy atom. The van der Waals surface area contributed by atoms with Crippen LogP contribution in [0.1, 0.15) is 38.4 Å². The van der Waals surface area contributed by atoms with Gasteiger partial charge in [-0.3, -0.25) is 0 Å². The van der Waals surface area contributed by atoms with Crippen LogP contribution in [0.25, 0.3) is 0 Å². The molecule has 0 aliphatic carbocycles. The Hall–Kier alpha value is -1.36. The molecule has 1 aromatic heterocycles. The Kier molecular flexibility index (Phi) is 5.39. The molecule has 0 saturated carbocycles. The highest BCUT2D eigenvalue weighted by Gasteiger charge is 2.19. The number of hydrogen-bond acceptors (Lipinski definition) is 5. The molecule has 1 aliphatic rings. The van der Waals surface area contributed by atoms with Crippen LogP contribution >= 0.6 is 0 Å². The lowest BCUT2D eigenvalue weighted by Gasteiger charge is -2.32. The fraction of sp³-hybridized carbons (Fsp3) is 0.750. The van der Waals surface area contributed by atoms with Crippen LogP contribution in [0.4, 0.5) is 11.6 Å². The molecule has 5 nitrogen and oxygen atoms in total. The van der Waals surface area contributed by atoms with Crippen LogP contribution in [-0.4, -0.2) is 55.6 Å². The highest BCUT2D eigenvalue weighted by atomic mass is 15.2. The Morgan fingerprint density at radius 1 is 1.33 bits per heavy atom. The van der Waals surface area contributed by atoms with E-state index in [2.05, 4.69) is 48.0 Å². The number of rotatable bonds is 5. The van der Waals surface area contributed by atoms with E-state index in [9.17, 15) is 0 Å². The van der Waals surface area contributed by atoms with Gasteiger partial charge in [0.25, 0.3) is 0 Å². The molecule has 21 heavy (non-hydrogen) atoms. The second kappa shape index (κ2) is 7.07. The summed E-state index contributed by atoms with van der Waals surface area (Å²) in [6.07, 6.45) is 2.56. The minimum atomic E-state index is 0.341. The van der Waals surface area contributed by atoms with Gasteiger partial charge in [0.1, 0.15) is 17.5 Å². The van der Waals surface area contributed by atoms with Gasteiger partial charge in [-0.1, -0.05) is 13.8 Å². The molecule has 1 saturated heterocycles. The van der Waals surface area contributed by atoms with Crippen molar-refractivity contribution in [2.45, 2.75) is 32.6 Å². The molecular weight excluding hydrogens is 262 g/mol. The van der Waals surface area contributed by atoms with E-state index in [0.29, 0.717) is 5.92 Å². The highest BCUT2D eigenvalue weighted by Crippen LogP contribution is 2.22. The molecule has 1 aromatic rings. The number of piperidine rings is 1. The van der Waals surface area contributed by atoms with Gasteiger partial charge in [0.15, 0.2) is 0 Å². The summed E-state index contributed by atoms with van der Waals surface area (Å²) in [6.45, 7) is 7.76. The molecular formula is C16H29N5. The molecule has 0 atom stereocenters. The third-order valence-electron chi connectivity index (χ3n) is 4.26. The molecule has 2 rings (SSSR count). The molecule has 1 fully saturated rings. The normalized spacial score (nSPS) is 17.2. The molecule has 0 aromatic carbocycles. The first-order valence-electron chi connectivity index (χ1n) is 7.96. The van der Waals surface area contributed by atoms with Gasteiger partial charge in [0.05, 0.1) is 0 Å². The zero-order valence-corrected chi connectivity index (χ0v) is 14.1. The second-order valence-electron chi connectivity index (χ2n) is 6.50. The second-order valence-corrected chi connectivity index (χ2v) is 6.50. The van der Waals surface area contributed by atoms with Gasteiger partial charge in [0, 0.05) is 32.6 Å². The number of anilines is 2. The SMILES string of the molecule is CNc1cc(N(C)CC2CCN(C)CC2)nc(C(C)C)n1. The topological polar surface area (TPSA) is 44.3 Å². The molecule has 1 N–H and O–H groups in total. The van der Waals surface area contributed by atoms with Crippen molar-refractivity contribution in [3.8, 4) is 0 Å². The van der Waals surface area contributed by atoms with Crippen LogP contribution in [-0.2, 0) is 0 Å². The van der Waals surface area contributed by atoms with Crippen molar-refractivity contribution in [1.82, 2.24) is 14.9 Å². The summed E-state index contributed by atoms with van der Waals surface area (Å²) in [6, 6.07) is 2.04. The summed E-state index contributed by atoms with van der Waals surface area (Å²) in [5, 5.41) is 3.14. The van der Waals surface area contributed by atoms with Gasteiger partial charge < -0.3 is 15.1 Å². The van der Waals surface area contributed by atoms with Crippen molar-refractivity contribution < 1.29 is 0 Å². The van der Waals surface area contributed by atoms with Crippen molar-refractivity contribution in [1.29, 1.82) is 0 Å². The zero-order chi connectivity index (χ0) is 15.4. The first-order chi connectivity index (χ1) is 9.99. The molecule has 1 aliphatic heterocycles. The average molecular weight is 291 g/mol. The maximum atomic E-state index is 4.73. The predicted octanol–water partition coefficient (Wildman–Crippen LogP) is 2.42. The smallest absolute Gasteiger partial charge is 0.135 e. The van der Waals surface area contributed by atoms with Crippen molar-refractivity contribution in [2.24, 2.45) is 5.92 Å². The monoisotopic (exact) mass is 291 g/mol. The summed E-state index contributed by atoms with van der Waals surface area (Å²) in [5.41, 5.74) is 0. The number of aromatic nitrogens is 2. The Morgan fingerprint density at radius 3 is 2.57 bits per heavy atom. The van der Waals surface area contributed by atoms with Crippen LogP contribution in [0, 0.1) is 5.92 Å². The molecule has 0 unspecified atom stereocenters. The summed E-state index contributed by atoms with van der Waals surface area (Å²) >= 11 is 0. The molecule has 0 amide bonds. The first kappa shape index (κ1) is 16.0. The number of hydrogen-bond donors (Lipinski definition) is 1. The minimum Gasteiger partial charge on any atom is -0.373 e. The third kappa shape index (κ3) is 4.30. The summed E-state index contributed by atoms with van der Waals surface area (Å²) in [4.78, 5) is 14.0. The molecule has 0 spiro atoms. The van der Waals surface area contributed by atoms with Gasteiger partial charge in [-0.05, 0) is 38.9 Å².